The number of hydrogen-bond acceptors (Lipinski definition) is 4. The van der Waals surface area contributed by atoms with Gasteiger partial charge in [0.15, 0.2) is 0 Å². The van der Waals surface area contributed by atoms with Gasteiger partial charge in [-0.15, -0.1) is 0 Å². The zero-order valence-electron chi connectivity index (χ0n) is 11.4. The van der Waals surface area contributed by atoms with Crippen LogP contribution in [0.3, 0.4) is 0 Å². The van der Waals surface area contributed by atoms with Gasteiger partial charge in [-0.1, -0.05) is 0 Å². The third kappa shape index (κ3) is 3.45. The van der Waals surface area contributed by atoms with Crippen LogP contribution in [-0.4, -0.2) is 60.4 Å². The Hall–Kier alpha value is -1.14. The van der Waals surface area contributed by atoms with Crippen LogP contribution in [0.4, 0.5) is 0 Å². The molecule has 0 saturated carbocycles. The number of carbonyl (C=O) groups is 2. The molecule has 2 rings (SSSR count). The first kappa shape index (κ1) is 14.3. The molecule has 2 aliphatic heterocycles. The van der Waals surface area contributed by atoms with Crippen LogP contribution in [0.15, 0.2) is 0 Å². The summed E-state index contributed by atoms with van der Waals surface area (Å²) in [7, 11) is 0. The zero-order chi connectivity index (χ0) is 13.8. The number of carbonyl (C=O) groups excluding carboxylic acids is 2. The molecular formula is C13H24N4O2. The van der Waals surface area contributed by atoms with Gasteiger partial charge in [0.25, 0.3) is 0 Å². The van der Waals surface area contributed by atoms with Crippen molar-refractivity contribution in [2.24, 2.45) is 17.4 Å². The highest BCUT2D eigenvalue weighted by Gasteiger charge is 2.30. The lowest BCUT2D eigenvalue weighted by atomic mass is 9.97. The fraction of sp³-hybridized carbons (Fsp3) is 0.846. The Kier molecular flexibility index (Phi) is 4.76. The van der Waals surface area contributed by atoms with E-state index in [0.717, 1.165) is 38.8 Å². The number of piperidine rings is 1. The fourth-order valence-electron chi connectivity index (χ4n) is 3.08. The van der Waals surface area contributed by atoms with Crippen molar-refractivity contribution in [3.05, 3.63) is 0 Å². The van der Waals surface area contributed by atoms with Gasteiger partial charge in [0.05, 0.1) is 12.5 Å². The molecule has 108 valence electrons. The quantitative estimate of drug-likeness (QED) is 0.693. The molecular weight excluding hydrogens is 244 g/mol. The molecule has 2 aliphatic rings. The largest absolute Gasteiger partial charge is 0.369 e. The number of likely N-dealkylation sites (tertiary alicyclic amines) is 2. The molecule has 0 radical (unpaired) electrons. The third-order valence-electron chi connectivity index (χ3n) is 4.29. The maximum absolute atomic E-state index is 12.3. The number of rotatable bonds is 4. The second kappa shape index (κ2) is 6.34. The molecule has 2 heterocycles. The molecule has 6 nitrogen and oxygen atoms in total. The molecule has 0 aromatic heterocycles. The lowest BCUT2D eigenvalue weighted by Crippen LogP contribution is -2.49. The van der Waals surface area contributed by atoms with Crippen LogP contribution in [0.5, 0.6) is 0 Å². The summed E-state index contributed by atoms with van der Waals surface area (Å²) in [6, 6.07) is 0.334. The first-order valence-electron chi connectivity index (χ1n) is 7.13. The fourth-order valence-corrected chi connectivity index (χ4v) is 3.08. The number of nitrogens with zero attached hydrogens (tertiary/aromatic N) is 2. The highest BCUT2D eigenvalue weighted by molar-refractivity contribution is 5.81. The van der Waals surface area contributed by atoms with Gasteiger partial charge in [0.1, 0.15) is 0 Å². The van der Waals surface area contributed by atoms with Gasteiger partial charge in [0.2, 0.25) is 11.8 Å². The molecule has 0 bridgehead atoms. The maximum Gasteiger partial charge on any atom is 0.236 e. The van der Waals surface area contributed by atoms with Gasteiger partial charge < -0.3 is 16.4 Å². The van der Waals surface area contributed by atoms with Gasteiger partial charge in [0, 0.05) is 25.7 Å². The van der Waals surface area contributed by atoms with E-state index in [-0.39, 0.29) is 17.7 Å². The van der Waals surface area contributed by atoms with E-state index in [0.29, 0.717) is 25.7 Å². The van der Waals surface area contributed by atoms with Crippen molar-refractivity contribution < 1.29 is 9.59 Å². The van der Waals surface area contributed by atoms with Crippen molar-refractivity contribution in [3.63, 3.8) is 0 Å². The first-order valence-corrected chi connectivity index (χ1v) is 7.13. The standard InChI is InChI=1S/C13H24N4O2/c14-7-11-4-2-5-16(11)9-12(18)17-6-1-3-10(8-17)13(15)19/h10-11H,1-9,14H2,(H2,15,19). The highest BCUT2D eigenvalue weighted by Crippen LogP contribution is 2.19. The summed E-state index contributed by atoms with van der Waals surface area (Å²) in [5.74, 6) is -0.369. The number of hydrogen-bond donors (Lipinski definition) is 2. The minimum absolute atomic E-state index is 0.103. The molecule has 2 saturated heterocycles. The molecule has 2 unspecified atom stereocenters. The minimum atomic E-state index is -0.293. The van der Waals surface area contributed by atoms with Crippen molar-refractivity contribution in [1.29, 1.82) is 0 Å². The van der Waals surface area contributed by atoms with Gasteiger partial charge in [-0.3, -0.25) is 14.5 Å². The van der Waals surface area contributed by atoms with Gasteiger partial charge in [-0.2, -0.15) is 0 Å². The molecule has 0 aromatic carbocycles. The van der Waals surface area contributed by atoms with Crippen LogP contribution in [0.1, 0.15) is 25.7 Å². The Morgan fingerprint density at radius 1 is 1.16 bits per heavy atom. The van der Waals surface area contributed by atoms with Gasteiger partial charge in [-0.25, -0.2) is 0 Å². The van der Waals surface area contributed by atoms with E-state index in [4.69, 9.17) is 11.5 Å². The second-order valence-electron chi connectivity index (χ2n) is 5.58. The van der Waals surface area contributed by atoms with Crippen LogP contribution in [0, 0.1) is 5.92 Å². The monoisotopic (exact) mass is 268 g/mol. The highest BCUT2D eigenvalue weighted by atomic mass is 16.2. The summed E-state index contributed by atoms with van der Waals surface area (Å²) in [4.78, 5) is 27.4. The predicted octanol–water partition coefficient (Wildman–Crippen LogP) is -0.867. The van der Waals surface area contributed by atoms with Crippen molar-refractivity contribution in [1.82, 2.24) is 9.80 Å². The maximum atomic E-state index is 12.3. The number of amides is 2. The molecule has 2 fully saturated rings. The summed E-state index contributed by atoms with van der Waals surface area (Å²) >= 11 is 0. The van der Waals surface area contributed by atoms with Crippen LogP contribution >= 0.6 is 0 Å². The van der Waals surface area contributed by atoms with E-state index < -0.39 is 0 Å². The summed E-state index contributed by atoms with van der Waals surface area (Å²) in [5.41, 5.74) is 11.0. The second-order valence-corrected chi connectivity index (χ2v) is 5.58. The smallest absolute Gasteiger partial charge is 0.236 e. The van der Waals surface area contributed by atoms with E-state index in [9.17, 15) is 9.59 Å². The van der Waals surface area contributed by atoms with Crippen molar-refractivity contribution in [2.45, 2.75) is 31.7 Å². The average Bonchev–Trinajstić information content (AvgIpc) is 2.86. The summed E-state index contributed by atoms with van der Waals surface area (Å²) in [5, 5.41) is 0. The van der Waals surface area contributed by atoms with Crippen LogP contribution < -0.4 is 11.5 Å². The molecule has 0 aromatic rings. The van der Waals surface area contributed by atoms with Crippen molar-refractivity contribution in [3.8, 4) is 0 Å². The lowest BCUT2D eigenvalue weighted by Gasteiger charge is -2.33. The van der Waals surface area contributed by atoms with E-state index in [2.05, 4.69) is 4.90 Å². The Morgan fingerprint density at radius 2 is 1.89 bits per heavy atom. The molecule has 2 amide bonds. The number of nitrogens with two attached hydrogens (primary N) is 2. The van der Waals surface area contributed by atoms with E-state index in [1.54, 1.807) is 4.90 Å². The minimum Gasteiger partial charge on any atom is -0.369 e. The molecule has 4 N–H and O–H groups in total. The zero-order valence-corrected chi connectivity index (χ0v) is 11.4. The molecule has 2 atom stereocenters. The molecule has 19 heavy (non-hydrogen) atoms. The first-order chi connectivity index (χ1) is 9.11. The van der Waals surface area contributed by atoms with Crippen LogP contribution in [0.2, 0.25) is 0 Å². The number of primary amides is 1. The van der Waals surface area contributed by atoms with Crippen LogP contribution in [-0.2, 0) is 9.59 Å². The Balaban J connectivity index is 1.87. The van der Waals surface area contributed by atoms with Gasteiger partial charge >= 0.3 is 0 Å². The van der Waals surface area contributed by atoms with Crippen molar-refractivity contribution in [2.75, 3.05) is 32.7 Å². The Bertz CT molecular complexity index is 348. The van der Waals surface area contributed by atoms with E-state index in [1.165, 1.54) is 0 Å². The average molecular weight is 268 g/mol. The lowest BCUT2D eigenvalue weighted by molar-refractivity contribution is -0.136. The molecule has 0 spiro atoms. The molecule has 0 aliphatic carbocycles. The predicted molar refractivity (Wildman–Crippen MR) is 72.1 cm³/mol. The molecule has 6 heteroatoms. The summed E-state index contributed by atoms with van der Waals surface area (Å²) in [6.07, 6.45) is 3.85. The van der Waals surface area contributed by atoms with E-state index >= 15 is 0 Å². The van der Waals surface area contributed by atoms with Crippen molar-refractivity contribution >= 4 is 11.8 Å². The normalized spacial score (nSPS) is 28.6. The summed E-state index contributed by atoms with van der Waals surface area (Å²) < 4.78 is 0. The Morgan fingerprint density at radius 3 is 2.58 bits per heavy atom. The SMILES string of the molecule is NCC1CCCN1CC(=O)N1CCCC(C(N)=O)C1. The van der Waals surface area contributed by atoms with E-state index in [1.807, 2.05) is 0 Å². The Labute approximate surface area is 114 Å². The third-order valence-corrected chi connectivity index (χ3v) is 4.29. The van der Waals surface area contributed by atoms with Gasteiger partial charge in [-0.05, 0) is 32.2 Å². The topological polar surface area (TPSA) is 92.7 Å². The van der Waals surface area contributed by atoms with Crippen LogP contribution in [0.25, 0.3) is 0 Å². The summed E-state index contributed by atoms with van der Waals surface area (Å²) in [6.45, 7) is 3.20.